The fourth-order valence-electron chi connectivity index (χ4n) is 6.01. The SMILES string of the molecule is COC(=O)N[C@H]1C[C@@H]1c1ccc(-c2cc3nc(C(=O)N4CCc5ccccc5[C@H]4C)cc(C4CC4)n3n2)c(F)c1. The summed E-state index contributed by atoms with van der Waals surface area (Å²) in [7, 11) is 1.33. The van der Waals surface area contributed by atoms with Crippen molar-refractivity contribution in [2.45, 2.75) is 56.5 Å². The van der Waals surface area contributed by atoms with Crippen LogP contribution in [-0.4, -0.2) is 51.2 Å². The summed E-state index contributed by atoms with van der Waals surface area (Å²) in [4.78, 5) is 31.9. The van der Waals surface area contributed by atoms with Gasteiger partial charge in [-0.3, -0.25) is 4.79 Å². The zero-order chi connectivity index (χ0) is 27.5. The molecule has 2 aromatic carbocycles. The van der Waals surface area contributed by atoms with Crippen molar-refractivity contribution >= 4 is 17.6 Å². The Morgan fingerprint density at radius 1 is 1.10 bits per heavy atom. The van der Waals surface area contributed by atoms with Crippen molar-refractivity contribution in [3.8, 4) is 11.3 Å². The molecule has 9 heteroatoms. The Bertz CT molecular complexity index is 1660. The molecule has 0 saturated heterocycles. The third-order valence-corrected chi connectivity index (χ3v) is 8.50. The Labute approximate surface area is 231 Å². The maximum Gasteiger partial charge on any atom is 0.407 e. The molecule has 3 atom stereocenters. The van der Waals surface area contributed by atoms with Crippen molar-refractivity contribution in [1.82, 2.24) is 24.8 Å². The van der Waals surface area contributed by atoms with E-state index in [2.05, 4.69) is 29.1 Å². The lowest BCUT2D eigenvalue weighted by Gasteiger charge is -2.35. The molecule has 1 aliphatic heterocycles. The monoisotopic (exact) mass is 539 g/mol. The zero-order valence-corrected chi connectivity index (χ0v) is 22.4. The van der Waals surface area contributed by atoms with Crippen LogP contribution in [0.15, 0.2) is 54.6 Å². The Morgan fingerprint density at radius 3 is 2.70 bits per heavy atom. The van der Waals surface area contributed by atoms with Crippen LogP contribution in [0.5, 0.6) is 0 Å². The summed E-state index contributed by atoms with van der Waals surface area (Å²) < 4.78 is 21.8. The molecule has 0 radical (unpaired) electrons. The Balaban J connectivity index is 1.19. The maximum atomic E-state index is 15.4. The number of halogens is 1. The van der Waals surface area contributed by atoms with Gasteiger partial charge in [0, 0.05) is 41.7 Å². The first-order chi connectivity index (χ1) is 19.4. The summed E-state index contributed by atoms with van der Waals surface area (Å²) in [5.41, 5.74) is 6.03. The average Bonchev–Trinajstić information content (AvgIpc) is 3.90. The van der Waals surface area contributed by atoms with E-state index in [4.69, 9.17) is 10.1 Å². The van der Waals surface area contributed by atoms with Crippen molar-refractivity contribution in [2.75, 3.05) is 13.7 Å². The molecule has 2 amide bonds. The van der Waals surface area contributed by atoms with Gasteiger partial charge in [0.25, 0.3) is 5.91 Å². The maximum absolute atomic E-state index is 15.4. The van der Waals surface area contributed by atoms with Gasteiger partial charge in [-0.1, -0.05) is 30.3 Å². The molecule has 3 aliphatic rings. The van der Waals surface area contributed by atoms with Crippen molar-refractivity contribution < 1.29 is 18.7 Å². The molecule has 2 saturated carbocycles. The van der Waals surface area contributed by atoms with Crippen LogP contribution in [0.3, 0.4) is 0 Å². The second-order valence-electron chi connectivity index (χ2n) is 11.1. The smallest absolute Gasteiger partial charge is 0.407 e. The fourth-order valence-corrected chi connectivity index (χ4v) is 6.01. The van der Waals surface area contributed by atoms with Crippen LogP contribution < -0.4 is 5.32 Å². The number of carbonyl (C=O) groups is 2. The van der Waals surface area contributed by atoms with Crippen molar-refractivity contribution in [3.63, 3.8) is 0 Å². The van der Waals surface area contributed by atoms with Crippen LogP contribution in [0.1, 0.15) is 76.9 Å². The highest BCUT2D eigenvalue weighted by molar-refractivity contribution is 5.93. The lowest BCUT2D eigenvalue weighted by atomic mass is 9.93. The third kappa shape index (κ3) is 4.29. The van der Waals surface area contributed by atoms with Gasteiger partial charge in [-0.2, -0.15) is 5.10 Å². The number of ether oxygens (including phenoxy) is 1. The molecule has 2 fully saturated rings. The summed E-state index contributed by atoms with van der Waals surface area (Å²) in [6, 6.07) is 16.9. The predicted octanol–water partition coefficient (Wildman–Crippen LogP) is 5.38. The third-order valence-electron chi connectivity index (χ3n) is 8.50. The topological polar surface area (TPSA) is 88.8 Å². The standard InChI is InChI=1S/C31H30FN5O3/c1-17-21-6-4-3-5-18(21)11-12-36(17)30(38)27-15-28(19-7-8-19)37-29(33-27)16-26(35-37)22-10-9-20(13-24(22)32)23-14-25(23)34-31(39)40-2/h3-6,9-10,13,15-17,19,23,25H,7-8,11-12,14H2,1-2H3,(H,34,39)/t17-,23-,25+/m1/s1. The minimum Gasteiger partial charge on any atom is -0.453 e. The lowest BCUT2D eigenvalue weighted by molar-refractivity contribution is 0.0671. The van der Waals surface area contributed by atoms with Crippen LogP contribution in [0, 0.1) is 5.82 Å². The number of amides is 2. The minimum absolute atomic E-state index is 0.0400. The Kier molecular flexibility index (Phi) is 5.83. The molecule has 0 unspecified atom stereocenters. The van der Waals surface area contributed by atoms with Gasteiger partial charge >= 0.3 is 6.09 Å². The number of hydrogen-bond donors (Lipinski definition) is 1. The Morgan fingerprint density at radius 2 is 1.93 bits per heavy atom. The predicted molar refractivity (Wildman–Crippen MR) is 147 cm³/mol. The summed E-state index contributed by atoms with van der Waals surface area (Å²) in [6.07, 6.45) is 3.14. The van der Waals surface area contributed by atoms with E-state index < -0.39 is 6.09 Å². The molecule has 3 heterocycles. The number of nitrogens with zero attached hydrogens (tertiary/aromatic N) is 4. The number of hydrogen-bond acceptors (Lipinski definition) is 5. The van der Waals surface area contributed by atoms with E-state index in [1.165, 1.54) is 24.3 Å². The van der Waals surface area contributed by atoms with Crippen molar-refractivity contribution in [3.05, 3.63) is 88.5 Å². The Hall–Kier alpha value is -4.27. The van der Waals surface area contributed by atoms with Gasteiger partial charge < -0.3 is 15.0 Å². The normalized spacial score (nSPS) is 21.7. The molecule has 8 nitrogen and oxygen atoms in total. The molecule has 0 bridgehead atoms. The van der Waals surface area contributed by atoms with Crippen molar-refractivity contribution in [1.29, 1.82) is 0 Å². The molecule has 40 heavy (non-hydrogen) atoms. The first-order valence-corrected chi connectivity index (χ1v) is 13.8. The van der Waals surface area contributed by atoms with E-state index in [0.29, 0.717) is 35.1 Å². The molecule has 4 aromatic rings. The van der Waals surface area contributed by atoms with E-state index >= 15 is 4.39 Å². The molecule has 2 aromatic heterocycles. The summed E-state index contributed by atoms with van der Waals surface area (Å²) in [6.45, 7) is 2.71. The van der Waals surface area contributed by atoms with Crippen LogP contribution in [0.25, 0.3) is 16.9 Å². The minimum atomic E-state index is -0.481. The van der Waals surface area contributed by atoms with E-state index in [9.17, 15) is 9.59 Å². The molecule has 7 rings (SSSR count). The summed E-state index contributed by atoms with van der Waals surface area (Å²) >= 11 is 0. The number of fused-ring (bicyclic) bond motifs is 2. The molecule has 1 N–H and O–H groups in total. The van der Waals surface area contributed by atoms with Crippen molar-refractivity contribution in [2.24, 2.45) is 0 Å². The number of aromatic nitrogens is 3. The van der Waals surface area contributed by atoms with Crippen LogP contribution >= 0.6 is 0 Å². The van der Waals surface area contributed by atoms with Gasteiger partial charge in [0.1, 0.15) is 11.5 Å². The number of benzene rings is 2. The van der Waals surface area contributed by atoms with Gasteiger partial charge in [0.2, 0.25) is 0 Å². The summed E-state index contributed by atoms with van der Waals surface area (Å²) in [5.74, 6) is -0.103. The van der Waals surface area contributed by atoms with Gasteiger partial charge in [0.15, 0.2) is 5.65 Å². The largest absolute Gasteiger partial charge is 0.453 e. The van der Waals surface area contributed by atoms with Gasteiger partial charge in [-0.25, -0.2) is 18.7 Å². The number of rotatable bonds is 5. The molecule has 0 spiro atoms. The fraction of sp³-hybridized carbons (Fsp3) is 0.355. The quantitative estimate of drug-likeness (QED) is 0.368. The van der Waals surface area contributed by atoms with Crippen LogP contribution in [0.2, 0.25) is 0 Å². The van der Waals surface area contributed by atoms with E-state index in [0.717, 1.165) is 36.9 Å². The van der Waals surface area contributed by atoms with E-state index in [1.807, 2.05) is 29.2 Å². The van der Waals surface area contributed by atoms with Crippen LogP contribution in [0.4, 0.5) is 9.18 Å². The second-order valence-corrected chi connectivity index (χ2v) is 11.1. The van der Waals surface area contributed by atoms with Crippen LogP contribution in [-0.2, 0) is 11.2 Å². The molecule has 2 aliphatic carbocycles. The first kappa shape index (κ1) is 24.7. The van der Waals surface area contributed by atoms with E-state index in [1.54, 1.807) is 16.6 Å². The average molecular weight is 540 g/mol. The van der Waals surface area contributed by atoms with E-state index in [-0.39, 0.29) is 29.7 Å². The molecular weight excluding hydrogens is 509 g/mol. The number of nitrogens with one attached hydrogen (secondary N) is 1. The lowest BCUT2D eigenvalue weighted by Crippen LogP contribution is -2.39. The number of methoxy groups -OCH3 is 1. The number of carbonyl (C=O) groups excluding carboxylic acids is 2. The molecule has 204 valence electrons. The molecular formula is C31H30FN5O3. The van der Waals surface area contributed by atoms with Gasteiger partial charge in [-0.05, 0) is 67.5 Å². The second kappa shape index (κ2) is 9.43. The highest BCUT2D eigenvalue weighted by atomic mass is 19.1. The zero-order valence-electron chi connectivity index (χ0n) is 22.4. The highest BCUT2D eigenvalue weighted by Crippen LogP contribution is 2.43. The highest BCUT2D eigenvalue weighted by Gasteiger charge is 2.40. The number of alkyl carbamates (subject to hydrolysis) is 1. The van der Waals surface area contributed by atoms with Gasteiger partial charge in [-0.15, -0.1) is 0 Å². The van der Waals surface area contributed by atoms with Gasteiger partial charge in [0.05, 0.1) is 18.8 Å². The summed E-state index contributed by atoms with van der Waals surface area (Å²) in [5, 5.41) is 7.50. The first-order valence-electron chi connectivity index (χ1n) is 13.8.